The van der Waals surface area contributed by atoms with E-state index >= 15 is 0 Å². The highest BCUT2D eigenvalue weighted by Gasteiger charge is 2.33. The molecule has 0 bridgehead atoms. The largest absolute Gasteiger partial charge is 0.497 e. The SMILES string of the molecule is COc1ccc(C=C2CCCC3=C2Nc2ncnn2[C@@H]3c2ccc(OC)cc2)cc1. The summed E-state index contributed by atoms with van der Waals surface area (Å²) in [5.74, 6) is 2.49. The van der Waals surface area contributed by atoms with Crippen LogP contribution in [0.4, 0.5) is 5.95 Å². The van der Waals surface area contributed by atoms with Gasteiger partial charge < -0.3 is 14.8 Å². The second-order valence-electron chi connectivity index (χ2n) is 7.53. The molecule has 2 heterocycles. The van der Waals surface area contributed by atoms with Crippen LogP contribution < -0.4 is 14.8 Å². The molecule has 152 valence electrons. The molecular formula is C24H24N4O2. The van der Waals surface area contributed by atoms with Crippen molar-refractivity contribution in [1.29, 1.82) is 0 Å². The molecule has 0 fully saturated rings. The molecule has 1 aliphatic carbocycles. The fraction of sp³-hybridized carbons (Fsp3) is 0.250. The second-order valence-corrected chi connectivity index (χ2v) is 7.53. The summed E-state index contributed by atoms with van der Waals surface area (Å²) < 4.78 is 12.6. The van der Waals surface area contributed by atoms with Crippen molar-refractivity contribution in [2.75, 3.05) is 19.5 Å². The molecule has 1 aromatic heterocycles. The summed E-state index contributed by atoms with van der Waals surface area (Å²) >= 11 is 0. The van der Waals surface area contributed by atoms with Crippen molar-refractivity contribution in [1.82, 2.24) is 14.8 Å². The van der Waals surface area contributed by atoms with E-state index in [1.165, 1.54) is 22.4 Å². The third kappa shape index (κ3) is 3.24. The molecule has 6 heteroatoms. The van der Waals surface area contributed by atoms with E-state index in [-0.39, 0.29) is 6.04 Å². The summed E-state index contributed by atoms with van der Waals surface area (Å²) in [6.45, 7) is 0. The van der Waals surface area contributed by atoms with Gasteiger partial charge in [-0.15, -0.1) is 0 Å². The van der Waals surface area contributed by atoms with E-state index < -0.39 is 0 Å². The summed E-state index contributed by atoms with van der Waals surface area (Å²) in [5.41, 5.74) is 6.17. The van der Waals surface area contributed by atoms with E-state index in [2.05, 4.69) is 45.7 Å². The van der Waals surface area contributed by atoms with E-state index in [9.17, 15) is 0 Å². The number of nitrogens with one attached hydrogen (secondary N) is 1. The topological polar surface area (TPSA) is 61.2 Å². The van der Waals surface area contributed by atoms with E-state index in [1.807, 2.05) is 28.9 Å². The van der Waals surface area contributed by atoms with Crippen LogP contribution in [0.2, 0.25) is 0 Å². The molecule has 0 unspecified atom stereocenters. The predicted octanol–water partition coefficient (Wildman–Crippen LogP) is 4.83. The minimum atomic E-state index is 0.0317. The molecule has 2 aromatic carbocycles. The summed E-state index contributed by atoms with van der Waals surface area (Å²) in [4.78, 5) is 4.46. The van der Waals surface area contributed by atoms with Crippen LogP contribution in [0.25, 0.3) is 6.08 Å². The van der Waals surface area contributed by atoms with E-state index in [0.29, 0.717) is 0 Å². The third-order valence-corrected chi connectivity index (χ3v) is 5.81. The number of methoxy groups -OCH3 is 2. The van der Waals surface area contributed by atoms with Crippen LogP contribution in [0.1, 0.15) is 36.4 Å². The molecule has 0 saturated carbocycles. The Hall–Kier alpha value is -3.54. The maximum atomic E-state index is 5.34. The molecule has 0 spiro atoms. The molecule has 2 aliphatic rings. The van der Waals surface area contributed by atoms with Gasteiger partial charge in [-0.3, -0.25) is 0 Å². The monoisotopic (exact) mass is 400 g/mol. The van der Waals surface area contributed by atoms with Gasteiger partial charge in [-0.25, -0.2) is 4.68 Å². The Labute approximate surface area is 175 Å². The zero-order valence-corrected chi connectivity index (χ0v) is 17.1. The van der Waals surface area contributed by atoms with Crippen LogP contribution in [-0.4, -0.2) is 29.0 Å². The lowest BCUT2D eigenvalue weighted by atomic mass is 9.83. The number of aromatic nitrogens is 3. The van der Waals surface area contributed by atoms with Crippen LogP contribution in [0.3, 0.4) is 0 Å². The fourth-order valence-electron chi connectivity index (χ4n) is 4.32. The Bertz CT molecular complexity index is 1110. The number of benzene rings is 2. The van der Waals surface area contributed by atoms with Gasteiger partial charge in [0.15, 0.2) is 0 Å². The van der Waals surface area contributed by atoms with Gasteiger partial charge in [0.25, 0.3) is 0 Å². The molecule has 1 aliphatic heterocycles. The Morgan fingerprint density at radius 3 is 2.37 bits per heavy atom. The molecule has 0 radical (unpaired) electrons. The minimum absolute atomic E-state index is 0.0317. The lowest BCUT2D eigenvalue weighted by Gasteiger charge is -2.34. The van der Waals surface area contributed by atoms with E-state index in [0.717, 1.165) is 42.3 Å². The quantitative estimate of drug-likeness (QED) is 0.680. The number of nitrogens with zero attached hydrogens (tertiary/aromatic N) is 3. The van der Waals surface area contributed by atoms with Crippen molar-refractivity contribution in [3.63, 3.8) is 0 Å². The van der Waals surface area contributed by atoms with Crippen LogP contribution in [0.5, 0.6) is 11.5 Å². The molecule has 1 atom stereocenters. The smallest absolute Gasteiger partial charge is 0.226 e. The van der Waals surface area contributed by atoms with Gasteiger partial charge in [0, 0.05) is 5.70 Å². The van der Waals surface area contributed by atoms with Gasteiger partial charge in [0.05, 0.1) is 14.2 Å². The summed E-state index contributed by atoms with van der Waals surface area (Å²) in [6, 6.07) is 16.4. The van der Waals surface area contributed by atoms with Crippen LogP contribution in [-0.2, 0) is 0 Å². The van der Waals surface area contributed by atoms with Crippen LogP contribution in [0, 0.1) is 0 Å². The lowest BCUT2D eigenvalue weighted by molar-refractivity contribution is 0.414. The molecule has 0 amide bonds. The fourth-order valence-corrected chi connectivity index (χ4v) is 4.32. The Kier molecular flexibility index (Phi) is 4.75. The number of anilines is 1. The molecule has 5 rings (SSSR count). The highest BCUT2D eigenvalue weighted by molar-refractivity contribution is 5.66. The van der Waals surface area contributed by atoms with Crippen molar-refractivity contribution < 1.29 is 9.47 Å². The van der Waals surface area contributed by atoms with Gasteiger partial charge in [-0.1, -0.05) is 24.3 Å². The molecular weight excluding hydrogens is 376 g/mol. The molecule has 3 aromatic rings. The van der Waals surface area contributed by atoms with Crippen molar-refractivity contribution in [2.45, 2.75) is 25.3 Å². The van der Waals surface area contributed by atoms with Gasteiger partial charge in [-0.05, 0) is 71.9 Å². The first-order valence-electron chi connectivity index (χ1n) is 10.2. The number of allylic oxidation sites excluding steroid dienone is 2. The number of hydrogen-bond acceptors (Lipinski definition) is 5. The predicted molar refractivity (Wildman–Crippen MR) is 117 cm³/mol. The van der Waals surface area contributed by atoms with Crippen molar-refractivity contribution in [3.05, 3.63) is 82.8 Å². The van der Waals surface area contributed by atoms with E-state index in [1.54, 1.807) is 20.5 Å². The molecule has 0 saturated heterocycles. The maximum absolute atomic E-state index is 5.34. The summed E-state index contributed by atoms with van der Waals surface area (Å²) in [6.07, 6.45) is 7.04. The molecule has 6 nitrogen and oxygen atoms in total. The zero-order valence-electron chi connectivity index (χ0n) is 17.1. The number of fused-ring (bicyclic) bond motifs is 1. The highest BCUT2D eigenvalue weighted by Crippen LogP contribution is 2.43. The zero-order chi connectivity index (χ0) is 20.5. The van der Waals surface area contributed by atoms with Crippen molar-refractivity contribution >= 4 is 12.0 Å². The molecule has 30 heavy (non-hydrogen) atoms. The maximum Gasteiger partial charge on any atom is 0.226 e. The molecule has 1 N–H and O–H groups in total. The van der Waals surface area contributed by atoms with Crippen LogP contribution >= 0.6 is 0 Å². The number of hydrogen-bond donors (Lipinski definition) is 1. The standard InChI is InChI=1S/C24H24N4O2/c1-29-19-10-6-16(7-11-19)14-18-4-3-5-21-22(18)27-24-25-15-26-28(24)23(21)17-8-12-20(30-2)13-9-17/h6-15,23H,3-5H2,1-2H3,(H,25,26,27)/t23-/m1/s1. The van der Waals surface area contributed by atoms with Gasteiger partial charge in [0.2, 0.25) is 5.95 Å². The Morgan fingerprint density at radius 2 is 1.67 bits per heavy atom. The first-order valence-corrected chi connectivity index (χ1v) is 10.2. The van der Waals surface area contributed by atoms with Gasteiger partial charge in [0.1, 0.15) is 23.9 Å². The number of ether oxygens (including phenoxy) is 2. The normalized spacial score (nSPS) is 19.1. The second kappa shape index (κ2) is 7.71. The average molecular weight is 400 g/mol. The van der Waals surface area contributed by atoms with Gasteiger partial charge >= 0.3 is 0 Å². The third-order valence-electron chi connectivity index (χ3n) is 5.81. The average Bonchev–Trinajstić information content (AvgIpc) is 3.27. The lowest BCUT2D eigenvalue weighted by Crippen LogP contribution is -2.28. The summed E-state index contributed by atoms with van der Waals surface area (Å²) in [7, 11) is 3.38. The first-order chi connectivity index (χ1) is 14.8. The van der Waals surface area contributed by atoms with E-state index in [4.69, 9.17) is 9.47 Å². The summed E-state index contributed by atoms with van der Waals surface area (Å²) in [5, 5.41) is 8.07. The van der Waals surface area contributed by atoms with Crippen molar-refractivity contribution in [3.8, 4) is 11.5 Å². The number of rotatable bonds is 4. The highest BCUT2D eigenvalue weighted by atomic mass is 16.5. The van der Waals surface area contributed by atoms with Gasteiger partial charge in [-0.2, -0.15) is 10.1 Å². The minimum Gasteiger partial charge on any atom is -0.497 e. The first kappa shape index (κ1) is 18.5. The Morgan fingerprint density at radius 1 is 0.967 bits per heavy atom. The van der Waals surface area contributed by atoms with Crippen LogP contribution in [0.15, 0.2) is 71.7 Å². The Balaban J connectivity index is 1.58. The van der Waals surface area contributed by atoms with Crippen molar-refractivity contribution in [2.24, 2.45) is 0 Å².